The van der Waals surface area contributed by atoms with E-state index < -0.39 is 0 Å². The lowest BCUT2D eigenvalue weighted by Crippen LogP contribution is -2.14. The first-order chi connectivity index (χ1) is 15.0. The smallest absolute Gasteiger partial charge is 0.234 e. The maximum Gasteiger partial charge on any atom is 0.234 e. The number of carbonyl (C=O) groups is 1. The number of ether oxygens (including phenoxy) is 1. The topological polar surface area (TPSA) is 69.0 Å². The van der Waals surface area contributed by atoms with Crippen molar-refractivity contribution in [2.75, 3.05) is 11.1 Å². The fourth-order valence-corrected chi connectivity index (χ4v) is 4.01. The minimum Gasteiger partial charge on any atom is -0.484 e. The van der Waals surface area contributed by atoms with Gasteiger partial charge in [0.2, 0.25) is 5.91 Å². The third-order valence-corrected chi connectivity index (χ3v) is 6.10. The summed E-state index contributed by atoms with van der Waals surface area (Å²) >= 11 is 7.50. The highest BCUT2D eigenvalue weighted by atomic mass is 35.5. The Labute approximate surface area is 189 Å². The van der Waals surface area contributed by atoms with Gasteiger partial charge in [-0.25, -0.2) is 0 Å². The maximum absolute atomic E-state index is 12.5. The molecule has 0 spiro atoms. The van der Waals surface area contributed by atoms with Crippen LogP contribution in [0, 0.1) is 6.92 Å². The molecule has 4 rings (SSSR count). The molecule has 0 saturated heterocycles. The highest BCUT2D eigenvalue weighted by molar-refractivity contribution is 7.99. The molecule has 8 heteroatoms. The zero-order valence-corrected chi connectivity index (χ0v) is 18.7. The van der Waals surface area contributed by atoms with E-state index in [-0.39, 0.29) is 18.3 Å². The summed E-state index contributed by atoms with van der Waals surface area (Å²) < 4.78 is 7.62. The number of amides is 1. The number of benzene rings is 3. The van der Waals surface area contributed by atoms with Gasteiger partial charge in [0.1, 0.15) is 12.4 Å². The molecule has 0 atom stereocenters. The number of nitrogens with one attached hydrogen (secondary N) is 1. The molecule has 0 bridgehead atoms. The summed E-state index contributed by atoms with van der Waals surface area (Å²) in [6, 6.07) is 19.4. The molecular formula is C23H21ClN4O2S. The number of rotatable bonds is 7. The Morgan fingerprint density at radius 3 is 2.81 bits per heavy atom. The second kappa shape index (κ2) is 9.41. The van der Waals surface area contributed by atoms with Crippen LogP contribution in [0.5, 0.6) is 5.75 Å². The van der Waals surface area contributed by atoms with Crippen LogP contribution in [0.2, 0.25) is 5.02 Å². The number of aromatic nitrogens is 3. The summed E-state index contributed by atoms with van der Waals surface area (Å²) in [7, 11) is 1.85. The number of anilines is 1. The van der Waals surface area contributed by atoms with Gasteiger partial charge >= 0.3 is 0 Å². The summed E-state index contributed by atoms with van der Waals surface area (Å²) in [6.07, 6.45) is 0. The molecule has 0 aliphatic heterocycles. The largest absolute Gasteiger partial charge is 0.484 e. The van der Waals surface area contributed by atoms with Gasteiger partial charge in [-0.3, -0.25) is 4.79 Å². The Morgan fingerprint density at radius 1 is 1.13 bits per heavy atom. The molecule has 1 aromatic heterocycles. The molecule has 0 fully saturated rings. The van der Waals surface area contributed by atoms with Crippen molar-refractivity contribution in [1.29, 1.82) is 0 Å². The Kier molecular flexibility index (Phi) is 6.44. The molecule has 1 heterocycles. The van der Waals surface area contributed by atoms with E-state index in [1.54, 1.807) is 6.07 Å². The van der Waals surface area contributed by atoms with E-state index in [0.29, 0.717) is 21.8 Å². The van der Waals surface area contributed by atoms with Gasteiger partial charge in [0.15, 0.2) is 11.0 Å². The molecule has 158 valence electrons. The van der Waals surface area contributed by atoms with Crippen LogP contribution in [0.15, 0.2) is 65.8 Å². The molecule has 6 nitrogen and oxygen atoms in total. The van der Waals surface area contributed by atoms with E-state index in [0.717, 1.165) is 22.0 Å². The minimum absolute atomic E-state index is 0.103. The average molecular weight is 453 g/mol. The second-order valence-corrected chi connectivity index (χ2v) is 8.39. The van der Waals surface area contributed by atoms with E-state index in [1.807, 2.05) is 73.1 Å². The van der Waals surface area contributed by atoms with E-state index in [1.165, 1.54) is 11.8 Å². The van der Waals surface area contributed by atoms with E-state index in [4.69, 9.17) is 16.3 Å². The summed E-state index contributed by atoms with van der Waals surface area (Å²) in [5, 5.41) is 14.6. The van der Waals surface area contributed by atoms with Crippen LogP contribution in [0.3, 0.4) is 0 Å². The van der Waals surface area contributed by atoms with Gasteiger partial charge in [0.05, 0.1) is 10.8 Å². The zero-order chi connectivity index (χ0) is 21.8. The van der Waals surface area contributed by atoms with Crippen molar-refractivity contribution in [2.24, 2.45) is 7.05 Å². The predicted octanol–water partition coefficient (Wildman–Crippen LogP) is 5.24. The molecule has 0 radical (unpaired) electrons. The minimum atomic E-state index is -0.103. The van der Waals surface area contributed by atoms with E-state index >= 15 is 0 Å². The van der Waals surface area contributed by atoms with E-state index in [9.17, 15) is 4.79 Å². The van der Waals surface area contributed by atoms with Gasteiger partial charge in [-0.15, -0.1) is 10.2 Å². The zero-order valence-electron chi connectivity index (χ0n) is 17.1. The average Bonchev–Trinajstić information content (AvgIpc) is 3.12. The van der Waals surface area contributed by atoms with Crippen molar-refractivity contribution in [3.05, 3.63) is 77.1 Å². The Bertz CT molecular complexity index is 1240. The molecule has 0 aliphatic rings. The van der Waals surface area contributed by atoms with Crippen molar-refractivity contribution in [3.8, 4) is 5.75 Å². The van der Waals surface area contributed by atoms with Crippen LogP contribution in [-0.4, -0.2) is 26.4 Å². The van der Waals surface area contributed by atoms with Crippen molar-refractivity contribution < 1.29 is 9.53 Å². The monoisotopic (exact) mass is 452 g/mol. The third kappa shape index (κ3) is 5.00. The van der Waals surface area contributed by atoms with Gasteiger partial charge in [0, 0.05) is 18.1 Å². The maximum atomic E-state index is 12.5. The summed E-state index contributed by atoms with van der Waals surface area (Å²) in [4.78, 5) is 12.5. The lowest BCUT2D eigenvalue weighted by molar-refractivity contribution is -0.113. The van der Waals surface area contributed by atoms with E-state index in [2.05, 4.69) is 15.5 Å². The van der Waals surface area contributed by atoms with Gasteiger partial charge < -0.3 is 14.6 Å². The molecular weight excluding hydrogens is 432 g/mol. The van der Waals surface area contributed by atoms with Crippen molar-refractivity contribution in [3.63, 3.8) is 0 Å². The number of hydrogen-bond donors (Lipinski definition) is 1. The van der Waals surface area contributed by atoms with Gasteiger partial charge in [-0.05, 0) is 36.1 Å². The fraction of sp³-hybridized carbons (Fsp3) is 0.174. The van der Waals surface area contributed by atoms with Crippen LogP contribution in [0.25, 0.3) is 10.8 Å². The standard InChI is InChI=1S/C23H21ClN4O2S/c1-15-10-11-18(24)20(12-15)30-13-21-26-27-23(28(21)2)31-14-22(29)25-19-9-5-7-16-6-3-4-8-17(16)19/h3-12H,13-14H2,1-2H3,(H,25,29). The highest BCUT2D eigenvalue weighted by Crippen LogP contribution is 2.27. The number of hydrogen-bond acceptors (Lipinski definition) is 5. The van der Waals surface area contributed by atoms with Gasteiger partial charge in [0.25, 0.3) is 0 Å². The van der Waals surface area contributed by atoms with Crippen LogP contribution in [0.1, 0.15) is 11.4 Å². The third-order valence-electron chi connectivity index (χ3n) is 4.76. The SMILES string of the molecule is Cc1ccc(Cl)c(OCc2nnc(SCC(=O)Nc3cccc4ccccc34)n2C)c1. The number of halogens is 1. The summed E-state index contributed by atoms with van der Waals surface area (Å²) in [5.41, 5.74) is 1.86. The number of aryl methyl sites for hydroxylation is 1. The quantitative estimate of drug-likeness (QED) is 0.388. The molecule has 0 saturated carbocycles. The summed E-state index contributed by atoms with van der Waals surface area (Å²) in [6.45, 7) is 2.21. The van der Waals surface area contributed by atoms with Gasteiger partial charge in [-0.1, -0.05) is 65.8 Å². The molecule has 31 heavy (non-hydrogen) atoms. The first kappa shape index (κ1) is 21.2. The number of carbonyl (C=O) groups excluding carboxylic acids is 1. The van der Waals surface area contributed by atoms with Crippen LogP contribution in [-0.2, 0) is 18.4 Å². The van der Waals surface area contributed by atoms with Crippen LogP contribution in [0.4, 0.5) is 5.69 Å². The van der Waals surface area contributed by atoms with Crippen LogP contribution < -0.4 is 10.1 Å². The lowest BCUT2D eigenvalue weighted by Gasteiger charge is -2.09. The molecule has 1 amide bonds. The highest BCUT2D eigenvalue weighted by Gasteiger charge is 2.13. The molecule has 1 N–H and O–H groups in total. The van der Waals surface area contributed by atoms with Crippen molar-refractivity contribution in [2.45, 2.75) is 18.7 Å². The molecule has 3 aromatic carbocycles. The van der Waals surface area contributed by atoms with Crippen molar-refractivity contribution in [1.82, 2.24) is 14.8 Å². The second-order valence-electron chi connectivity index (χ2n) is 7.04. The normalized spacial score (nSPS) is 10.9. The van der Waals surface area contributed by atoms with Crippen molar-refractivity contribution >= 4 is 45.7 Å². The first-order valence-electron chi connectivity index (χ1n) is 9.69. The number of thioether (sulfide) groups is 1. The fourth-order valence-electron chi connectivity index (χ4n) is 3.11. The lowest BCUT2D eigenvalue weighted by atomic mass is 10.1. The molecule has 4 aromatic rings. The Hall–Kier alpha value is -3.03. The molecule has 0 unspecified atom stereocenters. The molecule has 0 aliphatic carbocycles. The number of fused-ring (bicyclic) bond motifs is 1. The van der Waals surface area contributed by atoms with Crippen LogP contribution >= 0.6 is 23.4 Å². The first-order valence-corrected chi connectivity index (χ1v) is 11.1. The van der Waals surface area contributed by atoms with Gasteiger partial charge in [-0.2, -0.15) is 0 Å². The Morgan fingerprint density at radius 2 is 1.94 bits per heavy atom. The number of nitrogens with zero attached hydrogens (tertiary/aromatic N) is 3. The Balaban J connectivity index is 1.36. The summed E-state index contributed by atoms with van der Waals surface area (Å²) in [5.74, 6) is 1.37. The predicted molar refractivity (Wildman–Crippen MR) is 125 cm³/mol.